The molecule has 0 aromatic rings. The van der Waals surface area contributed by atoms with Gasteiger partial charge in [-0.15, -0.1) is 0 Å². The molecule has 0 radical (unpaired) electrons. The largest absolute Gasteiger partial charge is 0.365 e. The lowest BCUT2D eigenvalue weighted by molar-refractivity contribution is -0.154. The van der Waals surface area contributed by atoms with Crippen molar-refractivity contribution in [3.63, 3.8) is 0 Å². The zero-order valence-electron chi connectivity index (χ0n) is 8.93. The summed E-state index contributed by atoms with van der Waals surface area (Å²) in [6, 6.07) is 0. The van der Waals surface area contributed by atoms with Crippen LogP contribution < -0.4 is 0 Å². The summed E-state index contributed by atoms with van der Waals surface area (Å²) >= 11 is 0. The number of Topliss-reactive ketones (excluding diaryl/α,β-unsaturated/α-hetero) is 1. The smallest absolute Gasteiger partial charge is 0.161 e. The topological polar surface area (TPSA) is 26.3 Å². The summed E-state index contributed by atoms with van der Waals surface area (Å²) in [7, 11) is 0. The number of carbonyl (C=O) groups excluding carboxylic acids is 1. The Morgan fingerprint density at radius 2 is 1.77 bits per heavy atom. The molecule has 0 heterocycles. The van der Waals surface area contributed by atoms with E-state index in [1.807, 2.05) is 13.8 Å². The molecule has 0 amide bonds. The molecule has 0 bridgehead atoms. The van der Waals surface area contributed by atoms with Crippen molar-refractivity contribution in [3.8, 4) is 0 Å². The number of ketones is 1. The van der Waals surface area contributed by atoms with E-state index in [4.69, 9.17) is 4.74 Å². The highest BCUT2D eigenvalue weighted by molar-refractivity contribution is 5.85. The van der Waals surface area contributed by atoms with Crippen molar-refractivity contribution >= 4 is 5.78 Å². The van der Waals surface area contributed by atoms with Crippen LogP contribution >= 0.6 is 0 Å². The van der Waals surface area contributed by atoms with Gasteiger partial charge in [0.1, 0.15) is 5.60 Å². The van der Waals surface area contributed by atoms with Gasteiger partial charge in [0.25, 0.3) is 0 Å². The van der Waals surface area contributed by atoms with Crippen LogP contribution in [-0.2, 0) is 9.53 Å². The molecule has 0 aromatic heterocycles. The normalized spacial score (nSPS) is 21.8. The van der Waals surface area contributed by atoms with Gasteiger partial charge in [-0.2, -0.15) is 0 Å². The highest BCUT2D eigenvalue weighted by atomic mass is 16.5. The molecule has 0 spiro atoms. The predicted octanol–water partition coefficient (Wildman–Crippen LogP) is 2.70. The molecule has 0 N–H and O–H groups in total. The lowest BCUT2D eigenvalue weighted by Crippen LogP contribution is -2.43. The quantitative estimate of drug-likeness (QED) is 0.674. The first-order valence-corrected chi connectivity index (χ1v) is 5.26. The van der Waals surface area contributed by atoms with Crippen LogP contribution in [0.4, 0.5) is 0 Å². The molecular formula is C11H20O2. The predicted molar refractivity (Wildman–Crippen MR) is 52.7 cm³/mol. The summed E-state index contributed by atoms with van der Waals surface area (Å²) in [4.78, 5) is 11.5. The van der Waals surface area contributed by atoms with E-state index in [2.05, 4.69) is 0 Å². The van der Waals surface area contributed by atoms with Gasteiger partial charge in [0, 0.05) is 0 Å². The molecule has 0 atom stereocenters. The molecule has 0 aliphatic heterocycles. The van der Waals surface area contributed by atoms with Crippen LogP contribution in [0.1, 0.15) is 52.9 Å². The van der Waals surface area contributed by atoms with Crippen LogP contribution in [0.15, 0.2) is 0 Å². The van der Waals surface area contributed by atoms with E-state index < -0.39 is 5.60 Å². The zero-order chi connectivity index (χ0) is 9.90. The number of hydrogen-bond acceptors (Lipinski definition) is 2. The van der Waals surface area contributed by atoms with Gasteiger partial charge in [-0.1, -0.05) is 19.3 Å². The molecule has 1 saturated carbocycles. The lowest BCUT2D eigenvalue weighted by Gasteiger charge is -2.36. The zero-order valence-corrected chi connectivity index (χ0v) is 8.93. The monoisotopic (exact) mass is 184 g/mol. The first-order valence-electron chi connectivity index (χ1n) is 5.26. The van der Waals surface area contributed by atoms with Crippen molar-refractivity contribution in [1.29, 1.82) is 0 Å². The Morgan fingerprint density at radius 3 is 2.15 bits per heavy atom. The summed E-state index contributed by atoms with van der Waals surface area (Å²) in [6.07, 6.45) is 5.50. The van der Waals surface area contributed by atoms with Gasteiger partial charge in [-0.3, -0.25) is 4.79 Å². The van der Waals surface area contributed by atoms with Gasteiger partial charge in [-0.25, -0.2) is 0 Å². The maximum Gasteiger partial charge on any atom is 0.161 e. The second kappa shape index (κ2) is 4.23. The summed E-state index contributed by atoms with van der Waals surface area (Å²) in [6.45, 7) is 5.66. The van der Waals surface area contributed by atoms with Gasteiger partial charge in [-0.05, 0) is 33.6 Å². The Morgan fingerprint density at radius 1 is 1.23 bits per heavy atom. The Kier molecular flexibility index (Phi) is 3.48. The van der Waals surface area contributed by atoms with E-state index in [0.717, 1.165) is 25.7 Å². The van der Waals surface area contributed by atoms with E-state index in [0.29, 0.717) is 0 Å². The van der Waals surface area contributed by atoms with Crippen molar-refractivity contribution in [2.24, 2.45) is 0 Å². The van der Waals surface area contributed by atoms with E-state index in [-0.39, 0.29) is 11.9 Å². The van der Waals surface area contributed by atoms with Crippen LogP contribution in [-0.4, -0.2) is 17.5 Å². The van der Waals surface area contributed by atoms with E-state index in [9.17, 15) is 4.79 Å². The number of carbonyl (C=O) groups is 1. The molecule has 1 aliphatic carbocycles. The highest BCUT2D eigenvalue weighted by Gasteiger charge is 2.38. The van der Waals surface area contributed by atoms with Crippen LogP contribution in [0.2, 0.25) is 0 Å². The number of ether oxygens (including phenoxy) is 1. The van der Waals surface area contributed by atoms with E-state index in [1.54, 1.807) is 6.92 Å². The third kappa shape index (κ3) is 2.53. The van der Waals surface area contributed by atoms with Crippen molar-refractivity contribution in [1.82, 2.24) is 0 Å². The van der Waals surface area contributed by atoms with Gasteiger partial charge in [0.2, 0.25) is 0 Å². The molecule has 0 aromatic carbocycles. The van der Waals surface area contributed by atoms with E-state index >= 15 is 0 Å². The van der Waals surface area contributed by atoms with Gasteiger partial charge in [0.15, 0.2) is 5.78 Å². The maximum absolute atomic E-state index is 11.5. The molecule has 0 unspecified atom stereocenters. The standard InChI is InChI=1S/C11H20O2/c1-9(2)13-11(10(3)12)7-5-4-6-8-11/h9H,4-8H2,1-3H3. The SMILES string of the molecule is CC(=O)C1(OC(C)C)CCCCC1. The van der Waals surface area contributed by atoms with Crippen LogP contribution in [0.5, 0.6) is 0 Å². The fourth-order valence-electron chi connectivity index (χ4n) is 2.13. The number of rotatable bonds is 3. The van der Waals surface area contributed by atoms with Crippen molar-refractivity contribution in [2.45, 2.75) is 64.6 Å². The van der Waals surface area contributed by atoms with Gasteiger partial charge in [0.05, 0.1) is 6.10 Å². The van der Waals surface area contributed by atoms with Crippen molar-refractivity contribution in [3.05, 3.63) is 0 Å². The average molecular weight is 184 g/mol. The molecule has 2 nitrogen and oxygen atoms in total. The fraction of sp³-hybridized carbons (Fsp3) is 0.909. The Balaban J connectivity index is 2.67. The summed E-state index contributed by atoms with van der Waals surface area (Å²) in [5, 5.41) is 0. The van der Waals surface area contributed by atoms with Crippen molar-refractivity contribution in [2.75, 3.05) is 0 Å². The summed E-state index contributed by atoms with van der Waals surface area (Å²) in [5.74, 6) is 0.209. The average Bonchev–Trinajstić information content (AvgIpc) is 2.04. The Hall–Kier alpha value is -0.370. The molecule has 0 saturated heterocycles. The molecule has 1 fully saturated rings. The molecular weight excluding hydrogens is 164 g/mol. The minimum Gasteiger partial charge on any atom is -0.365 e. The first-order chi connectivity index (χ1) is 6.07. The Labute approximate surface area is 80.7 Å². The van der Waals surface area contributed by atoms with Crippen molar-refractivity contribution < 1.29 is 9.53 Å². The second-order valence-corrected chi connectivity index (χ2v) is 4.28. The molecule has 2 heteroatoms. The van der Waals surface area contributed by atoms with Crippen LogP contribution in [0.25, 0.3) is 0 Å². The number of hydrogen-bond donors (Lipinski definition) is 0. The molecule has 1 aliphatic rings. The molecule has 1 rings (SSSR count). The van der Waals surface area contributed by atoms with Gasteiger partial charge >= 0.3 is 0 Å². The minimum atomic E-state index is -0.438. The van der Waals surface area contributed by atoms with Crippen LogP contribution in [0, 0.1) is 0 Å². The molecule has 13 heavy (non-hydrogen) atoms. The third-order valence-electron chi connectivity index (χ3n) is 2.76. The van der Waals surface area contributed by atoms with Crippen LogP contribution in [0.3, 0.4) is 0 Å². The van der Waals surface area contributed by atoms with Gasteiger partial charge < -0.3 is 4.74 Å². The highest BCUT2D eigenvalue weighted by Crippen LogP contribution is 2.33. The summed E-state index contributed by atoms with van der Waals surface area (Å²) in [5.41, 5.74) is -0.438. The summed E-state index contributed by atoms with van der Waals surface area (Å²) < 4.78 is 5.79. The minimum absolute atomic E-state index is 0.155. The third-order valence-corrected chi connectivity index (χ3v) is 2.76. The molecule has 76 valence electrons. The Bertz CT molecular complexity index is 179. The fourth-order valence-corrected chi connectivity index (χ4v) is 2.13. The lowest BCUT2D eigenvalue weighted by atomic mass is 9.82. The first kappa shape index (κ1) is 10.7. The van der Waals surface area contributed by atoms with E-state index in [1.165, 1.54) is 6.42 Å². The maximum atomic E-state index is 11.5. The second-order valence-electron chi connectivity index (χ2n) is 4.28.